The Labute approximate surface area is 224 Å². The van der Waals surface area contributed by atoms with Crippen molar-refractivity contribution >= 4 is 42.2 Å². The van der Waals surface area contributed by atoms with E-state index < -0.39 is 54.1 Å². The first kappa shape index (κ1) is 31.7. The van der Waals surface area contributed by atoms with Crippen molar-refractivity contribution in [2.45, 2.75) is 77.8 Å². The van der Waals surface area contributed by atoms with Crippen molar-refractivity contribution in [3.63, 3.8) is 0 Å². The monoisotopic (exact) mass is 583 g/mol. The summed E-state index contributed by atoms with van der Waals surface area (Å²) in [6.07, 6.45) is -0.400. The second-order valence-electron chi connectivity index (χ2n) is 9.77. The normalized spacial score (nSPS) is 22.5. The van der Waals surface area contributed by atoms with Gasteiger partial charge < -0.3 is 9.47 Å². The number of rotatable bonds is 12. The van der Waals surface area contributed by atoms with Crippen LogP contribution in [0, 0.1) is 5.41 Å². The largest absolute Gasteiger partial charge is 0.462 e. The first-order valence-corrected chi connectivity index (χ1v) is 14.7. The molecule has 0 saturated carbocycles. The van der Waals surface area contributed by atoms with Crippen molar-refractivity contribution in [1.82, 2.24) is 14.6 Å². The van der Waals surface area contributed by atoms with Crippen molar-refractivity contribution in [1.29, 1.82) is 0 Å². The molecule has 1 saturated heterocycles. The number of nitrogens with one attached hydrogen (secondary N) is 2. The summed E-state index contributed by atoms with van der Waals surface area (Å²) in [5, 5.41) is 1.88. The first-order valence-electron chi connectivity index (χ1n) is 11.8. The Hall–Kier alpha value is -1.47. The second kappa shape index (κ2) is 13.5. The summed E-state index contributed by atoms with van der Waals surface area (Å²) in [6, 6.07) is 0.152. The average molecular weight is 584 g/mol. The van der Waals surface area contributed by atoms with Gasteiger partial charge in [0.1, 0.15) is 6.04 Å². The van der Waals surface area contributed by atoms with E-state index in [1.165, 1.54) is 19.2 Å². The summed E-state index contributed by atoms with van der Waals surface area (Å²) in [5.41, 5.74) is -1.78. The number of ether oxygens (including phenoxy) is 2. The van der Waals surface area contributed by atoms with Gasteiger partial charge in [-0.25, -0.2) is 14.4 Å². The summed E-state index contributed by atoms with van der Waals surface area (Å²) >= 11 is 7.41. The molecule has 0 radical (unpaired) electrons. The summed E-state index contributed by atoms with van der Waals surface area (Å²) in [5.74, 6) is -0.424. The Morgan fingerprint density at radius 3 is 2.57 bits per heavy atom. The molecular formula is C22H35ClN3O9PS. The van der Waals surface area contributed by atoms with Crippen molar-refractivity contribution in [3.05, 3.63) is 33.1 Å². The molecule has 1 aliphatic heterocycles. The van der Waals surface area contributed by atoms with Gasteiger partial charge >= 0.3 is 19.4 Å². The third kappa shape index (κ3) is 9.97. The number of aromatic nitrogens is 2. The van der Waals surface area contributed by atoms with Crippen LogP contribution in [-0.4, -0.2) is 63.2 Å². The number of nitrogens with zero attached hydrogens (tertiary/aromatic N) is 1. The Morgan fingerprint density at radius 2 is 1.97 bits per heavy atom. The van der Waals surface area contributed by atoms with Gasteiger partial charge in [0.15, 0.2) is 11.3 Å². The molecule has 1 fully saturated rings. The smallest absolute Gasteiger partial charge is 0.406 e. The summed E-state index contributed by atoms with van der Waals surface area (Å²) in [4.78, 5) is 50.0. The highest BCUT2D eigenvalue weighted by atomic mass is 35.5. The van der Waals surface area contributed by atoms with Gasteiger partial charge in [0, 0.05) is 23.4 Å². The van der Waals surface area contributed by atoms with Gasteiger partial charge in [0.25, 0.3) is 5.56 Å². The predicted octanol–water partition coefficient (Wildman–Crippen LogP) is 2.81. The number of alkyl halides is 1. The van der Waals surface area contributed by atoms with E-state index in [1.807, 2.05) is 0 Å². The average Bonchev–Trinajstić information content (AvgIpc) is 3.14. The lowest BCUT2D eigenvalue weighted by atomic mass is 10.00. The van der Waals surface area contributed by atoms with Gasteiger partial charge in [-0.2, -0.15) is 0 Å². The van der Waals surface area contributed by atoms with Gasteiger partial charge in [-0.1, -0.05) is 32.5 Å². The third-order valence-electron chi connectivity index (χ3n) is 4.93. The lowest BCUT2D eigenvalue weighted by Gasteiger charge is -2.24. The fraction of sp³-hybridized carbons (Fsp3) is 0.727. The fourth-order valence-corrected chi connectivity index (χ4v) is 5.89. The van der Waals surface area contributed by atoms with Gasteiger partial charge in [0.2, 0.25) is 0 Å². The second-order valence-corrected chi connectivity index (χ2v) is 13.2. The highest BCUT2D eigenvalue weighted by Crippen LogP contribution is 2.46. The number of carbonyl (C=O) groups excluding carboxylic acids is 2. The number of carbonyl (C=O) groups is 2. The molecule has 210 valence electrons. The molecule has 12 nitrogen and oxygen atoms in total. The van der Waals surface area contributed by atoms with E-state index in [0.29, 0.717) is 0 Å². The summed E-state index contributed by atoms with van der Waals surface area (Å²) in [7, 11) is -4.07. The Morgan fingerprint density at radius 1 is 1.30 bits per heavy atom. The Bertz CT molecular complexity index is 1100. The lowest BCUT2D eigenvalue weighted by Crippen LogP contribution is -2.36. The molecule has 2 heterocycles. The van der Waals surface area contributed by atoms with E-state index in [-0.39, 0.29) is 36.6 Å². The number of hydrogen-bond donors (Lipinski definition) is 2. The minimum absolute atomic E-state index is 0.0512. The van der Waals surface area contributed by atoms with Crippen LogP contribution >= 0.6 is 31.1 Å². The van der Waals surface area contributed by atoms with Crippen molar-refractivity contribution in [3.8, 4) is 0 Å². The molecule has 2 rings (SSSR count). The lowest BCUT2D eigenvalue weighted by molar-refractivity contribution is -0.149. The standard InChI is InChI=1S/C22H35ClN3O9PS/c1-13(2)34-19(28)14(3)25-36(31,32-9-10-37-20(29)22(4,5)6)33-12-15-11-16(23)18(35-15)26-8-7-17(27)24-21(26)30/h7-8,13-16,18H,9-12H2,1-6H3,(H,25,31)(H,24,27,30)/t14-,15-,16-,18+,36-/m0/s1. The molecule has 1 aromatic rings. The van der Waals surface area contributed by atoms with Gasteiger partial charge in [-0.05, 0) is 27.2 Å². The maximum absolute atomic E-state index is 13.5. The van der Waals surface area contributed by atoms with E-state index >= 15 is 0 Å². The Balaban J connectivity index is 2.05. The third-order valence-corrected chi connectivity index (χ3v) is 8.29. The van der Waals surface area contributed by atoms with Crippen LogP contribution in [0.3, 0.4) is 0 Å². The minimum atomic E-state index is -4.07. The van der Waals surface area contributed by atoms with Crippen LogP contribution in [0.25, 0.3) is 0 Å². The highest BCUT2D eigenvalue weighted by Gasteiger charge is 2.38. The summed E-state index contributed by atoms with van der Waals surface area (Å²) in [6.45, 7) is 9.88. The van der Waals surface area contributed by atoms with Crippen LogP contribution in [-0.2, 0) is 32.7 Å². The van der Waals surface area contributed by atoms with Gasteiger partial charge in [-0.3, -0.25) is 33.0 Å². The van der Waals surface area contributed by atoms with E-state index in [0.717, 1.165) is 16.3 Å². The Kier molecular flexibility index (Phi) is 11.6. The molecule has 0 aliphatic carbocycles. The van der Waals surface area contributed by atoms with Crippen molar-refractivity contribution in [2.75, 3.05) is 19.0 Å². The van der Waals surface area contributed by atoms with Crippen LogP contribution in [0.5, 0.6) is 0 Å². The van der Waals surface area contributed by atoms with Crippen molar-refractivity contribution in [2.24, 2.45) is 5.41 Å². The molecule has 1 aliphatic rings. The highest BCUT2D eigenvalue weighted by molar-refractivity contribution is 8.13. The van der Waals surface area contributed by atoms with Crippen LogP contribution in [0.1, 0.15) is 54.2 Å². The number of hydrogen-bond acceptors (Lipinski definition) is 10. The van der Waals surface area contributed by atoms with E-state index in [4.69, 9.17) is 30.1 Å². The van der Waals surface area contributed by atoms with E-state index in [9.17, 15) is 23.7 Å². The zero-order chi connectivity index (χ0) is 28.0. The van der Waals surface area contributed by atoms with Crippen LogP contribution in [0.2, 0.25) is 0 Å². The zero-order valence-corrected chi connectivity index (χ0v) is 24.2. The van der Waals surface area contributed by atoms with E-state index in [2.05, 4.69) is 10.1 Å². The topological polar surface area (TPSA) is 155 Å². The number of H-pyrrole nitrogens is 1. The number of thioether (sulfide) groups is 1. The van der Waals surface area contributed by atoms with Gasteiger partial charge in [-0.15, -0.1) is 11.6 Å². The molecule has 0 bridgehead atoms. The molecule has 15 heteroatoms. The summed E-state index contributed by atoms with van der Waals surface area (Å²) < 4.78 is 36.7. The van der Waals surface area contributed by atoms with Crippen LogP contribution < -0.4 is 16.3 Å². The molecule has 5 atom stereocenters. The number of aromatic amines is 1. The predicted molar refractivity (Wildman–Crippen MR) is 140 cm³/mol. The molecule has 2 N–H and O–H groups in total. The molecule has 1 aromatic heterocycles. The van der Waals surface area contributed by atoms with E-state index in [1.54, 1.807) is 34.6 Å². The van der Waals surface area contributed by atoms with Crippen molar-refractivity contribution < 1.29 is 32.7 Å². The SMILES string of the molecule is CC(C)OC(=O)[C@H](C)N[P@](=O)(OCCSC(=O)C(C)(C)C)OC[C@@H]1C[C@H](Cl)[C@H](n2ccc(=O)[nH]c2=O)O1. The number of esters is 1. The zero-order valence-electron chi connectivity index (χ0n) is 21.7. The molecule has 0 spiro atoms. The molecule has 0 unspecified atom stereocenters. The maximum Gasteiger partial charge on any atom is 0.406 e. The number of halogens is 1. The van der Waals surface area contributed by atoms with Gasteiger partial charge in [0.05, 0.1) is 30.8 Å². The first-order chi connectivity index (χ1) is 17.1. The minimum Gasteiger partial charge on any atom is -0.462 e. The molecular weight excluding hydrogens is 549 g/mol. The molecule has 0 aromatic carbocycles. The molecule has 0 amide bonds. The van der Waals surface area contributed by atoms with Crippen LogP contribution in [0.4, 0.5) is 0 Å². The quantitative estimate of drug-likeness (QED) is 0.161. The molecule has 37 heavy (non-hydrogen) atoms. The fourth-order valence-electron chi connectivity index (χ4n) is 3.11. The van der Waals surface area contributed by atoms with Crippen LogP contribution in [0.15, 0.2) is 21.9 Å². The maximum atomic E-state index is 13.5.